The lowest BCUT2D eigenvalue weighted by molar-refractivity contribution is -0.137. The fraction of sp³-hybridized carbons (Fsp3) is 0.478. The van der Waals surface area contributed by atoms with E-state index in [2.05, 4.69) is 25.1 Å². The number of benzene rings is 2. The predicted octanol–water partition coefficient (Wildman–Crippen LogP) is 7.45. The molecule has 26 heavy (non-hydrogen) atoms. The summed E-state index contributed by atoms with van der Waals surface area (Å²) in [6.07, 6.45) is 5.79. The van der Waals surface area contributed by atoms with Crippen LogP contribution < -0.4 is 0 Å². The number of aryl methyl sites for hydroxylation is 1. The van der Waals surface area contributed by atoms with Crippen LogP contribution in [0.2, 0.25) is 0 Å². The zero-order chi connectivity index (χ0) is 18.6. The molecule has 1 aliphatic rings. The fourth-order valence-corrected chi connectivity index (χ4v) is 3.97. The number of alkyl halides is 3. The first-order chi connectivity index (χ1) is 12.5. The van der Waals surface area contributed by atoms with Gasteiger partial charge in [0.1, 0.15) is 0 Å². The summed E-state index contributed by atoms with van der Waals surface area (Å²) >= 11 is 0. The average Bonchev–Trinajstić information content (AvgIpc) is 2.64. The van der Waals surface area contributed by atoms with Crippen LogP contribution in [0.15, 0.2) is 42.5 Å². The van der Waals surface area contributed by atoms with E-state index in [1.807, 2.05) is 0 Å². The second-order valence-corrected chi connectivity index (χ2v) is 7.52. The Labute approximate surface area is 154 Å². The Morgan fingerprint density at radius 2 is 1.62 bits per heavy atom. The predicted molar refractivity (Wildman–Crippen MR) is 101 cm³/mol. The third-order valence-corrected chi connectivity index (χ3v) is 5.55. The molecule has 0 bridgehead atoms. The van der Waals surface area contributed by atoms with E-state index in [1.54, 1.807) is 12.1 Å². The molecule has 2 aromatic rings. The van der Waals surface area contributed by atoms with Crippen LogP contribution in [0.5, 0.6) is 0 Å². The van der Waals surface area contributed by atoms with Crippen LogP contribution in [0.4, 0.5) is 13.2 Å². The molecule has 0 radical (unpaired) electrons. The highest BCUT2D eigenvalue weighted by atomic mass is 19.4. The van der Waals surface area contributed by atoms with Gasteiger partial charge >= 0.3 is 6.18 Å². The largest absolute Gasteiger partial charge is 0.416 e. The number of hydrogen-bond acceptors (Lipinski definition) is 0. The molecule has 1 atom stereocenters. The average molecular weight is 360 g/mol. The highest BCUT2D eigenvalue weighted by molar-refractivity contribution is 5.65. The van der Waals surface area contributed by atoms with Gasteiger partial charge in [-0.2, -0.15) is 13.2 Å². The summed E-state index contributed by atoms with van der Waals surface area (Å²) in [4.78, 5) is 0. The molecule has 0 N–H and O–H groups in total. The Hall–Kier alpha value is -1.77. The molecule has 0 aromatic heterocycles. The molecule has 0 heterocycles. The molecule has 3 rings (SSSR count). The molecule has 0 saturated heterocycles. The monoisotopic (exact) mass is 360 g/mol. The molecular weight excluding hydrogens is 333 g/mol. The van der Waals surface area contributed by atoms with Crippen LogP contribution in [0.25, 0.3) is 11.1 Å². The topological polar surface area (TPSA) is 0 Å². The number of rotatable bonds is 6. The second-order valence-electron chi connectivity index (χ2n) is 7.52. The van der Waals surface area contributed by atoms with Crippen LogP contribution in [0, 0.1) is 5.92 Å². The quantitative estimate of drug-likeness (QED) is 0.469. The maximum absolute atomic E-state index is 12.7. The summed E-state index contributed by atoms with van der Waals surface area (Å²) < 4.78 is 38.1. The minimum absolute atomic E-state index is 0.592. The van der Waals surface area contributed by atoms with Gasteiger partial charge in [0.15, 0.2) is 0 Å². The SMILES string of the molecule is CCCCCCC1CCc2cc(-c3ccc(C(F)(F)F)cc3)ccc2C1. The van der Waals surface area contributed by atoms with Crippen molar-refractivity contribution in [3.63, 3.8) is 0 Å². The van der Waals surface area contributed by atoms with Crippen molar-refractivity contribution >= 4 is 0 Å². The Kier molecular flexibility index (Phi) is 6.05. The van der Waals surface area contributed by atoms with Gasteiger partial charge in [0.2, 0.25) is 0 Å². The second kappa shape index (κ2) is 8.28. The van der Waals surface area contributed by atoms with E-state index in [4.69, 9.17) is 0 Å². The highest BCUT2D eigenvalue weighted by Crippen LogP contribution is 2.34. The fourth-order valence-electron chi connectivity index (χ4n) is 3.97. The Balaban J connectivity index is 1.67. The van der Waals surface area contributed by atoms with E-state index in [9.17, 15) is 13.2 Å². The van der Waals surface area contributed by atoms with E-state index >= 15 is 0 Å². The lowest BCUT2D eigenvalue weighted by Gasteiger charge is -2.25. The molecule has 2 aromatic carbocycles. The molecule has 1 aliphatic carbocycles. The standard InChI is InChI=1S/C23H27F3/c1-2-3-4-5-6-17-7-8-21-16-20(10-9-19(21)15-17)18-11-13-22(14-12-18)23(24,25)26/h9-14,16-17H,2-8,15H2,1H3. The van der Waals surface area contributed by atoms with E-state index in [-0.39, 0.29) is 0 Å². The molecule has 0 amide bonds. The van der Waals surface area contributed by atoms with Crippen LogP contribution in [-0.2, 0) is 19.0 Å². The minimum atomic E-state index is -4.28. The first-order valence-electron chi connectivity index (χ1n) is 9.77. The number of halogens is 3. The summed E-state index contributed by atoms with van der Waals surface area (Å²) in [6.45, 7) is 2.24. The Morgan fingerprint density at radius 1 is 0.885 bits per heavy atom. The molecule has 0 aliphatic heterocycles. The van der Waals surface area contributed by atoms with Crippen molar-refractivity contribution in [2.45, 2.75) is 64.5 Å². The molecule has 0 fully saturated rings. The zero-order valence-corrected chi connectivity index (χ0v) is 15.4. The van der Waals surface area contributed by atoms with Crippen LogP contribution in [0.1, 0.15) is 62.1 Å². The molecule has 0 spiro atoms. The Bertz CT molecular complexity index is 713. The zero-order valence-electron chi connectivity index (χ0n) is 15.4. The van der Waals surface area contributed by atoms with Crippen LogP contribution >= 0.6 is 0 Å². The van der Waals surface area contributed by atoms with E-state index < -0.39 is 11.7 Å². The lowest BCUT2D eigenvalue weighted by Crippen LogP contribution is -2.14. The van der Waals surface area contributed by atoms with Crippen molar-refractivity contribution in [1.29, 1.82) is 0 Å². The van der Waals surface area contributed by atoms with Gasteiger partial charge in [0.05, 0.1) is 5.56 Å². The molecule has 3 heteroatoms. The van der Waals surface area contributed by atoms with E-state index in [0.29, 0.717) is 0 Å². The van der Waals surface area contributed by atoms with Gasteiger partial charge in [-0.3, -0.25) is 0 Å². The third-order valence-electron chi connectivity index (χ3n) is 5.55. The van der Waals surface area contributed by atoms with Crippen LogP contribution in [-0.4, -0.2) is 0 Å². The normalized spacial score (nSPS) is 17.2. The van der Waals surface area contributed by atoms with Crippen molar-refractivity contribution in [1.82, 2.24) is 0 Å². The van der Waals surface area contributed by atoms with Crippen molar-refractivity contribution in [2.75, 3.05) is 0 Å². The van der Waals surface area contributed by atoms with Gasteiger partial charge in [-0.1, -0.05) is 69.4 Å². The number of unbranched alkanes of at least 4 members (excludes halogenated alkanes) is 3. The number of hydrogen-bond donors (Lipinski definition) is 0. The van der Waals surface area contributed by atoms with Gasteiger partial charge in [0.25, 0.3) is 0 Å². The smallest absolute Gasteiger partial charge is 0.166 e. The Morgan fingerprint density at radius 3 is 2.31 bits per heavy atom. The maximum atomic E-state index is 12.7. The summed E-state index contributed by atoms with van der Waals surface area (Å²) in [5, 5.41) is 0. The molecule has 140 valence electrons. The lowest BCUT2D eigenvalue weighted by atomic mass is 9.80. The van der Waals surface area contributed by atoms with Crippen molar-refractivity contribution in [2.24, 2.45) is 5.92 Å². The molecular formula is C23H27F3. The maximum Gasteiger partial charge on any atom is 0.416 e. The van der Waals surface area contributed by atoms with Gasteiger partial charge in [0, 0.05) is 0 Å². The summed E-state index contributed by atoms with van der Waals surface area (Å²) in [6, 6.07) is 11.9. The molecule has 1 unspecified atom stereocenters. The highest BCUT2D eigenvalue weighted by Gasteiger charge is 2.30. The minimum Gasteiger partial charge on any atom is -0.166 e. The molecule has 0 saturated carbocycles. The van der Waals surface area contributed by atoms with Crippen molar-refractivity contribution in [3.05, 3.63) is 59.2 Å². The van der Waals surface area contributed by atoms with Gasteiger partial charge < -0.3 is 0 Å². The molecule has 0 nitrogen and oxygen atoms in total. The third kappa shape index (κ3) is 4.69. The first-order valence-corrected chi connectivity index (χ1v) is 9.77. The van der Waals surface area contributed by atoms with Gasteiger partial charge in [-0.05, 0) is 59.6 Å². The van der Waals surface area contributed by atoms with Crippen LogP contribution in [0.3, 0.4) is 0 Å². The van der Waals surface area contributed by atoms with Gasteiger partial charge in [-0.15, -0.1) is 0 Å². The summed E-state index contributed by atoms with van der Waals surface area (Å²) in [5.41, 5.74) is 4.06. The summed E-state index contributed by atoms with van der Waals surface area (Å²) in [7, 11) is 0. The van der Waals surface area contributed by atoms with E-state index in [1.165, 1.54) is 61.8 Å². The van der Waals surface area contributed by atoms with E-state index in [0.717, 1.165) is 29.9 Å². The first kappa shape index (κ1) is 19.0. The van der Waals surface area contributed by atoms with Crippen molar-refractivity contribution in [3.8, 4) is 11.1 Å². The van der Waals surface area contributed by atoms with Crippen molar-refractivity contribution < 1.29 is 13.2 Å². The van der Waals surface area contributed by atoms with Gasteiger partial charge in [-0.25, -0.2) is 0 Å². The summed E-state index contributed by atoms with van der Waals surface area (Å²) in [5.74, 6) is 0.788. The number of fused-ring (bicyclic) bond motifs is 1.